The first-order valence-corrected chi connectivity index (χ1v) is 14.1. The number of ether oxygens (including phenoxy) is 3. The zero-order valence-corrected chi connectivity index (χ0v) is 21.8. The Morgan fingerprint density at radius 3 is 2.47 bits per heavy atom. The van der Waals surface area contributed by atoms with Crippen LogP contribution in [0.3, 0.4) is 0 Å². The van der Waals surface area contributed by atoms with Gasteiger partial charge in [-0.15, -0.1) is 0 Å². The fourth-order valence-electron chi connectivity index (χ4n) is 9.52. The Labute approximate surface area is 222 Å². The zero-order valence-electron chi connectivity index (χ0n) is 21.8. The summed E-state index contributed by atoms with van der Waals surface area (Å²) in [5, 5.41) is 54.4. The second-order valence-electron chi connectivity index (χ2n) is 13.0. The van der Waals surface area contributed by atoms with Gasteiger partial charge in [-0.25, -0.2) is 4.79 Å². The van der Waals surface area contributed by atoms with Crippen LogP contribution in [0, 0.1) is 28.6 Å². The van der Waals surface area contributed by atoms with E-state index >= 15 is 0 Å². The second kappa shape index (κ2) is 9.06. The Hall–Kier alpha value is -1.40. The van der Waals surface area contributed by atoms with E-state index in [1.807, 2.05) is 0 Å². The van der Waals surface area contributed by atoms with Gasteiger partial charge in [0.05, 0.1) is 29.3 Å². The SMILES string of the molecule is C[C@]12CC[C@H]3[C@@H](CC[C@]4(O)C[C@@H](O[C@@H]5OC[C@H](O)[C@@H](O)[C@@H]5O)CC[C@]34C=O)[C@@]1(O)CC[C@@H]2C1=CC(=O)OC1. The average Bonchev–Trinajstić information content (AvgIpc) is 3.43. The standard InChI is InChI=1S/C28H40O10/c1-25-6-3-18-19(28(25,35)9-5-17(25)15-10-21(31)36-12-15)4-8-27(34)11-16(2-7-26(18,27)14-29)38-24-23(33)22(32)20(30)13-37-24/h10,14,16-20,22-24,30,32-35H,2-9,11-13H2,1H3/t16-,17+,18-,19+,20-,22+,23-,24-,25+,26-,27-,28-/m0/s1. The topological polar surface area (TPSA) is 163 Å². The highest BCUT2D eigenvalue weighted by Crippen LogP contribution is 2.70. The Balaban J connectivity index is 1.22. The van der Waals surface area contributed by atoms with Crippen molar-refractivity contribution in [3.8, 4) is 0 Å². The molecule has 1 saturated heterocycles. The van der Waals surface area contributed by atoms with Gasteiger partial charge in [0.1, 0.15) is 31.2 Å². The number of hydrogen-bond donors (Lipinski definition) is 5. The monoisotopic (exact) mass is 536 g/mol. The smallest absolute Gasteiger partial charge is 0.331 e. The molecule has 0 unspecified atom stereocenters. The summed E-state index contributed by atoms with van der Waals surface area (Å²) in [6.45, 7) is 2.22. The number of carbonyl (C=O) groups is 2. The summed E-state index contributed by atoms with van der Waals surface area (Å²) in [6, 6.07) is 0. The molecule has 0 aromatic heterocycles. The van der Waals surface area contributed by atoms with E-state index in [0.29, 0.717) is 44.9 Å². The molecule has 0 aromatic rings. The molecular weight excluding hydrogens is 496 g/mol. The molecular formula is C28H40O10. The van der Waals surface area contributed by atoms with Crippen molar-refractivity contribution in [2.75, 3.05) is 13.2 Å². The van der Waals surface area contributed by atoms with Gasteiger partial charge in [-0.1, -0.05) is 6.92 Å². The van der Waals surface area contributed by atoms with Gasteiger partial charge in [-0.3, -0.25) is 0 Å². The van der Waals surface area contributed by atoms with E-state index < -0.39 is 52.7 Å². The number of carbonyl (C=O) groups excluding carboxylic acids is 2. The van der Waals surface area contributed by atoms with Crippen LogP contribution >= 0.6 is 0 Å². The first kappa shape index (κ1) is 26.8. The van der Waals surface area contributed by atoms with Crippen molar-refractivity contribution in [1.29, 1.82) is 0 Å². The van der Waals surface area contributed by atoms with E-state index in [4.69, 9.17) is 14.2 Å². The van der Waals surface area contributed by atoms with Crippen LogP contribution in [0.4, 0.5) is 0 Å². The van der Waals surface area contributed by atoms with Crippen molar-refractivity contribution in [2.45, 2.75) is 107 Å². The maximum absolute atomic E-state index is 12.9. The van der Waals surface area contributed by atoms with Crippen molar-refractivity contribution in [1.82, 2.24) is 0 Å². The van der Waals surface area contributed by atoms with Crippen molar-refractivity contribution < 1.29 is 49.3 Å². The third kappa shape index (κ3) is 3.57. The number of aliphatic hydroxyl groups excluding tert-OH is 3. The molecule has 0 amide bonds. The number of rotatable bonds is 4. The third-order valence-electron chi connectivity index (χ3n) is 11.6. The van der Waals surface area contributed by atoms with Gasteiger partial charge in [0.15, 0.2) is 6.29 Å². The lowest BCUT2D eigenvalue weighted by atomic mass is 9.41. The molecule has 4 aliphatic carbocycles. The summed E-state index contributed by atoms with van der Waals surface area (Å²) in [6.07, 6.45) is 1.56. The summed E-state index contributed by atoms with van der Waals surface area (Å²) < 4.78 is 16.6. The molecule has 6 aliphatic rings. The largest absolute Gasteiger partial charge is 0.458 e. The normalized spacial score (nSPS) is 54.4. The number of aliphatic hydroxyl groups is 5. The molecule has 0 spiro atoms. The zero-order chi connectivity index (χ0) is 27.1. The molecule has 10 nitrogen and oxygen atoms in total. The summed E-state index contributed by atoms with van der Waals surface area (Å²) in [7, 11) is 0. The molecule has 6 rings (SSSR count). The van der Waals surface area contributed by atoms with Crippen molar-refractivity contribution in [2.24, 2.45) is 28.6 Å². The Morgan fingerprint density at radius 1 is 1.00 bits per heavy atom. The van der Waals surface area contributed by atoms with Gasteiger partial charge in [0.25, 0.3) is 0 Å². The Morgan fingerprint density at radius 2 is 1.76 bits per heavy atom. The predicted octanol–water partition coefficient (Wildman–Crippen LogP) is 0.362. The van der Waals surface area contributed by atoms with Gasteiger partial charge < -0.3 is 44.5 Å². The molecule has 212 valence electrons. The maximum Gasteiger partial charge on any atom is 0.331 e. The highest BCUT2D eigenvalue weighted by atomic mass is 16.7. The summed E-state index contributed by atoms with van der Waals surface area (Å²) in [5.74, 6) is -0.604. The molecule has 12 atom stereocenters. The van der Waals surface area contributed by atoms with Crippen LogP contribution < -0.4 is 0 Å². The first-order chi connectivity index (χ1) is 18.0. The first-order valence-electron chi connectivity index (χ1n) is 14.1. The average molecular weight is 537 g/mol. The van der Waals surface area contributed by atoms with Crippen molar-refractivity contribution in [3.63, 3.8) is 0 Å². The minimum atomic E-state index is -1.42. The second-order valence-corrected chi connectivity index (χ2v) is 13.0. The van der Waals surface area contributed by atoms with E-state index in [1.165, 1.54) is 0 Å². The molecule has 2 heterocycles. The number of aldehydes is 1. The molecule has 0 aromatic carbocycles. The van der Waals surface area contributed by atoms with Crippen LogP contribution in [0.1, 0.15) is 64.7 Å². The molecule has 0 radical (unpaired) electrons. The van der Waals surface area contributed by atoms with Gasteiger partial charge in [-0.05, 0) is 74.7 Å². The Bertz CT molecular complexity index is 1020. The van der Waals surface area contributed by atoms with Crippen LogP contribution in [0.15, 0.2) is 11.6 Å². The summed E-state index contributed by atoms with van der Waals surface area (Å²) in [5.41, 5.74) is -2.83. The molecule has 4 saturated carbocycles. The van der Waals surface area contributed by atoms with Gasteiger partial charge in [-0.2, -0.15) is 0 Å². The quantitative estimate of drug-likeness (QED) is 0.193. The number of hydrogen-bond acceptors (Lipinski definition) is 10. The van der Waals surface area contributed by atoms with E-state index in [2.05, 4.69) is 6.92 Å². The van der Waals surface area contributed by atoms with Crippen molar-refractivity contribution >= 4 is 12.3 Å². The maximum atomic E-state index is 12.9. The van der Waals surface area contributed by atoms with E-state index in [1.54, 1.807) is 6.08 Å². The minimum Gasteiger partial charge on any atom is -0.458 e. The van der Waals surface area contributed by atoms with Crippen molar-refractivity contribution in [3.05, 3.63) is 11.6 Å². The van der Waals surface area contributed by atoms with Gasteiger partial charge in [0, 0.05) is 17.9 Å². The summed E-state index contributed by atoms with van der Waals surface area (Å²) in [4.78, 5) is 24.7. The highest BCUT2D eigenvalue weighted by Gasteiger charge is 2.71. The molecule has 5 N–H and O–H groups in total. The molecule has 10 heteroatoms. The van der Waals surface area contributed by atoms with Gasteiger partial charge in [0.2, 0.25) is 0 Å². The molecule has 2 aliphatic heterocycles. The molecule has 0 bridgehead atoms. The highest BCUT2D eigenvalue weighted by molar-refractivity contribution is 5.85. The number of fused-ring (bicyclic) bond motifs is 5. The van der Waals surface area contributed by atoms with Crippen LogP contribution in [-0.4, -0.2) is 92.9 Å². The summed E-state index contributed by atoms with van der Waals surface area (Å²) >= 11 is 0. The lowest BCUT2D eigenvalue weighted by Crippen LogP contribution is -2.69. The van der Waals surface area contributed by atoms with E-state index in [0.717, 1.165) is 18.3 Å². The third-order valence-corrected chi connectivity index (χ3v) is 11.6. The van der Waals surface area contributed by atoms with Crippen LogP contribution in [0.25, 0.3) is 0 Å². The lowest BCUT2D eigenvalue weighted by Gasteiger charge is -2.65. The number of esters is 1. The minimum absolute atomic E-state index is 0.0489. The Kier molecular flexibility index (Phi) is 6.39. The van der Waals surface area contributed by atoms with Crippen LogP contribution in [-0.2, 0) is 23.8 Å². The van der Waals surface area contributed by atoms with Crippen LogP contribution in [0.5, 0.6) is 0 Å². The van der Waals surface area contributed by atoms with E-state index in [9.17, 15) is 35.1 Å². The number of cyclic esters (lactones) is 1. The van der Waals surface area contributed by atoms with Crippen LogP contribution in [0.2, 0.25) is 0 Å². The fraction of sp³-hybridized carbons (Fsp3) is 0.857. The molecule has 38 heavy (non-hydrogen) atoms. The lowest BCUT2D eigenvalue weighted by molar-refractivity contribution is -0.301. The molecule has 5 fully saturated rings. The van der Waals surface area contributed by atoms with E-state index in [-0.39, 0.29) is 43.4 Å². The fourth-order valence-corrected chi connectivity index (χ4v) is 9.52. The predicted molar refractivity (Wildman–Crippen MR) is 130 cm³/mol. The van der Waals surface area contributed by atoms with Gasteiger partial charge >= 0.3 is 5.97 Å².